The first kappa shape index (κ1) is 15.8. The fourth-order valence-corrected chi connectivity index (χ4v) is 1.79. The molecule has 0 aliphatic carbocycles. The highest BCUT2D eigenvalue weighted by atomic mass is 19.1. The maximum atomic E-state index is 13.6. The van der Waals surface area contributed by atoms with Crippen molar-refractivity contribution in [3.8, 4) is 5.75 Å². The van der Waals surface area contributed by atoms with Crippen LogP contribution in [0.2, 0.25) is 0 Å². The Labute approximate surface area is 126 Å². The summed E-state index contributed by atoms with van der Waals surface area (Å²) in [5, 5.41) is 2.83. The fourth-order valence-electron chi connectivity index (χ4n) is 1.79. The number of rotatable bonds is 6. The van der Waals surface area contributed by atoms with Gasteiger partial charge in [0, 0.05) is 6.54 Å². The SMILES string of the molecule is COC(=O)c1ccc(F)c(NCCOc2ccc(F)cc2)c1. The second kappa shape index (κ2) is 7.40. The van der Waals surface area contributed by atoms with Gasteiger partial charge >= 0.3 is 5.97 Å². The van der Waals surface area contributed by atoms with Gasteiger partial charge in [-0.25, -0.2) is 13.6 Å². The van der Waals surface area contributed by atoms with Crippen LogP contribution in [0.3, 0.4) is 0 Å². The lowest BCUT2D eigenvalue weighted by Crippen LogP contribution is -2.13. The van der Waals surface area contributed by atoms with Gasteiger partial charge in [0.1, 0.15) is 24.0 Å². The van der Waals surface area contributed by atoms with Crippen LogP contribution in [0, 0.1) is 11.6 Å². The first-order chi connectivity index (χ1) is 10.6. The highest BCUT2D eigenvalue weighted by Crippen LogP contribution is 2.17. The number of halogens is 2. The van der Waals surface area contributed by atoms with E-state index in [0.717, 1.165) is 0 Å². The third kappa shape index (κ3) is 4.18. The number of anilines is 1. The number of benzene rings is 2. The first-order valence-corrected chi connectivity index (χ1v) is 6.60. The van der Waals surface area contributed by atoms with Crippen molar-refractivity contribution in [2.45, 2.75) is 0 Å². The van der Waals surface area contributed by atoms with Crippen LogP contribution in [0.15, 0.2) is 42.5 Å². The molecule has 0 unspecified atom stereocenters. The van der Waals surface area contributed by atoms with Gasteiger partial charge in [-0.05, 0) is 42.5 Å². The Morgan fingerprint density at radius 2 is 1.86 bits per heavy atom. The first-order valence-electron chi connectivity index (χ1n) is 6.60. The van der Waals surface area contributed by atoms with Crippen molar-refractivity contribution in [3.63, 3.8) is 0 Å². The summed E-state index contributed by atoms with van der Waals surface area (Å²) in [5.41, 5.74) is 0.441. The molecule has 2 rings (SSSR count). The summed E-state index contributed by atoms with van der Waals surface area (Å²) >= 11 is 0. The minimum Gasteiger partial charge on any atom is -0.492 e. The molecule has 22 heavy (non-hydrogen) atoms. The number of methoxy groups -OCH3 is 1. The predicted octanol–water partition coefficient (Wildman–Crippen LogP) is 3.24. The number of nitrogens with one attached hydrogen (secondary N) is 1. The third-order valence-electron chi connectivity index (χ3n) is 2.89. The number of hydrogen-bond acceptors (Lipinski definition) is 4. The van der Waals surface area contributed by atoms with Crippen LogP contribution in [0.4, 0.5) is 14.5 Å². The minimum absolute atomic E-state index is 0.186. The molecule has 0 atom stereocenters. The van der Waals surface area contributed by atoms with E-state index in [1.807, 2.05) is 0 Å². The van der Waals surface area contributed by atoms with Crippen molar-refractivity contribution in [1.29, 1.82) is 0 Å². The van der Waals surface area contributed by atoms with E-state index in [9.17, 15) is 13.6 Å². The van der Waals surface area contributed by atoms with Crippen LogP contribution >= 0.6 is 0 Å². The smallest absolute Gasteiger partial charge is 0.337 e. The summed E-state index contributed by atoms with van der Waals surface area (Å²) in [5.74, 6) is -0.834. The Balaban J connectivity index is 1.88. The Morgan fingerprint density at radius 1 is 1.14 bits per heavy atom. The van der Waals surface area contributed by atoms with E-state index in [4.69, 9.17) is 4.74 Å². The minimum atomic E-state index is -0.536. The van der Waals surface area contributed by atoms with Crippen molar-refractivity contribution in [1.82, 2.24) is 0 Å². The fraction of sp³-hybridized carbons (Fsp3) is 0.188. The van der Waals surface area contributed by atoms with Crippen molar-refractivity contribution in [2.24, 2.45) is 0 Å². The van der Waals surface area contributed by atoms with Crippen molar-refractivity contribution < 1.29 is 23.0 Å². The molecule has 0 radical (unpaired) electrons. The molecule has 0 heterocycles. The van der Waals surface area contributed by atoms with E-state index in [1.54, 1.807) is 0 Å². The van der Waals surface area contributed by atoms with Gasteiger partial charge in [-0.15, -0.1) is 0 Å². The highest BCUT2D eigenvalue weighted by Gasteiger charge is 2.09. The van der Waals surface area contributed by atoms with Gasteiger partial charge in [-0.3, -0.25) is 0 Å². The monoisotopic (exact) mass is 307 g/mol. The lowest BCUT2D eigenvalue weighted by molar-refractivity contribution is 0.0600. The van der Waals surface area contributed by atoms with Crippen LogP contribution in [-0.2, 0) is 4.74 Å². The average molecular weight is 307 g/mol. The summed E-state index contributed by atoms with van der Waals surface area (Å²) in [7, 11) is 1.26. The molecule has 0 spiro atoms. The number of esters is 1. The zero-order valence-corrected chi connectivity index (χ0v) is 11.9. The zero-order chi connectivity index (χ0) is 15.9. The maximum absolute atomic E-state index is 13.6. The van der Waals surface area contributed by atoms with E-state index < -0.39 is 11.8 Å². The molecule has 0 aliphatic heterocycles. The largest absolute Gasteiger partial charge is 0.492 e. The van der Waals surface area contributed by atoms with Gasteiger partial charge in [0.25, 0.3) is 0 Å². The summed E-state index contributed by atoms with van der Waals surface area (Å²) < 4.78 is 36.3. The van der Waals surface area contributed by atoms with E-state index >= 15 is 0 Å². The summed E-state index contributed by atoms with van der Waals surface area (Å²) in [6.07, 6.45) is 0. The summed E-state index contributed by atoms with van der Waals surface area (Å²) in [6, 6.07) is 9.52. The molecule has 1 N–H and O–H groups in total. The van der Waals surface area contributed by atoms with Crippen LogP contribution in [0.1, 0.15) is 10.4 Å². The molecule has 2 aromatic carbocycles. The maximum Gasteiger partial charge on any atom is 0.337 e. The van der Waals surface area contributed by atoms with Crippen molar-refractivity contribution in [3.05, 3.63) is 59.7 Å². The third-order valence-corrected chi connectivity index (χ3v) is 2.89. The second-order valence-electron chi connectivity index (χ2n) is 4.42. The lowest BCUT2D eigenvalue weighted by Gasteiger charge is -2.10. The second-order valence-corrected chi connectivity index (χ2v) is 4.42. The number of carbonyl (C=O) groups excluding carboxylic acids is 1. The van der Waals surface area contributed by atoms with E-state index in [1.165, 1.54) is 49.6 Å². The molecule has 4 nitrogen and oxygen atoms in total. The standard InChI is InChI=1S/C16H15F2NO3/c1-21-16(20)11-2-7-14(18)15(10-11)19-8-9-22-13-5-3-12(17)4-6-13/h2-7,10,19H,8-9H2,1H3. The number of ether oxygens (including phenoxy) is 2. The average Bonchev–Trinajstić information content (AvgIpc) is 2.54. The highest BCUT2D eigenvalue weighted by molar-refractivity contribution is 5.90. The van der Waals surface area contributed by atoms with Gasteiger partial charge < -0.3 is 14.8 Å². The molecule has 0 saturated carbocycles. The van der Waals surface area contributed by atoms with Crippen LogP contribution in [0.5, 0.6) is 5.75 Å². The normalized spacial score (nSPS) is 10.1. The molecule has 116 valence electrons. The number of hydrogen-bond donors (Lipinski definition) is 1. The van der Waals surface area contributed by atoms with Gasteiger partial charge in [-0.1, -0.05) is 0 Å². The Bertz CT molecular complexity index is 644. The van der Waals surface area contributed by atoms with Gasteiger partial charge in [0.05, 0.1) is 18.4 Å². The molecular weight excluding hydrogens is 292 g/mol. The van der Waals surface area contributed by atoms with Gasteiger partial charge in [0.2, 0.25) is 0 Å². The summed E-state index contributed by atoms with van der Waals surface area (Å²) in [6.45, 7) is 0.576. The van der Waals surface area contributed by atoms with Crippen LogP contribution in [0.25, 0.3) is 0 Å². The van der Waals surface area contributed by atoms with Crippen molar-refractivity contribution >= 4 is 11.7 Å². The molecular formula is C16H15F2NO3. The van der Waals surface area contributed by atoms with Crippen LogP contribution < -0.4 is 10.1 Å². The molecule has 0 saturated heterocycles. The molecule has 6 heteroatoms. The molecule has 0 bridgehead atoms. The quantitative estimate of drug-likeness (QED) is 0.657. The number of carbonyl (C=O) groups is 1. The molecule has 2 aromatic rings. The van der Waals surface area contributed by atoms with Crippen LogP contribution in [-0.4, -0.2) is 26.2 Å². The predicted molar refractivity (Wildman–Crippen MR) is 78.1 cm³/mol. The molecule has 0 fully saturated rings. The van der Waals surface area contributed by atoms with E-state index in [0.29, 0.717) is 12.3 Å². The zero-order valence-electron chi connectivity index (χ0n) is 11.9. The molecule has 0 aliphatic rings. The van der Waals surface area contributed by atoms with E-state index in [-0.39, 0.29) is 23.7 Å². The topological polar surface area (TPSA) is 47.6 Å². The van der Waals surface area contributed by atoms with Gasteiger partial charge in [-0.2, -0.15) is 0 Å². The Hall–Kier alpha value is -2.63. The van der Waals surface area contributed by atoms with E-state index in [2.05, 4.69) is 10.1 Å². The Morgan fingerprint density at radius 3 is 2.55 bits per heavy atom. The van der Waals surface area contributed by atoms with Gasteiger partial charge in [0.15, 0.2) is 0 Å². The molecule has 0 aromatic heterocycles. The Kier molecular flexibility index (Phi) is 5.30. The molecule has 0 amide bonds. The summed E-state index contributed by atoms with van der Waals surface area (Å²) in [4.78, 5) is 11.4. The van der Waals surface area contributed by atoms with Crippen molar-refractivity contribution in [2.75, 3.05) is 25.6 Å². The lowest BCUT2D eigenvalue weighted by atomic mass is 10.2.